The van der Waals surface area contributed by atoms with Crippen LogP contribution in [0.1, 0.15) is 17.0 Å². The van der Waals surface area contributed by atoms with E-state index in [0.717, 1.165) is 29.2 Å². The van der Waals surface area contributed by atoms with Gasteiger partial charge in [0.25, 0.3) is 0 Å². The Balaban J connectivity index is 1.78. The minimum absolute atomic E-state index is 0.507. The molecule has 0 aliphatic carbocycles. The monoisotopic (exact) mass is 309 g/mol. The van der Waals surface area contributed by atoms with Crippen LogP contribution in [0.3, 0.4) is 0 Å². The predicted molar refractivity (Wildman–Crippen MR) is 89.1 cm³/mol. The molecule has 0 atom stereocenters. The van der Waals surface area contributed by atoms with Crippen molar-refractivity contribution < 1.29 is 4.74 Å². The summed E-state index contributed by atoms with van der Waals surface area (Å²) in [5.74, 6) is 1.04. The summed E-state index contributed by atoms with van der Waals surface area (Å²) >= 11 is 0. The Bertz CT molecular complexity index is 812. The van der Waals surface area contributed by atoms with E-state index in [4.69, 9.17) is 4.74 Å². The fraction of sp³-hybridized carbons (Fsp3) is 0.235. The van der Waals surface area contributed by atoms with E-state index in [1.807, 2.05) is 23.7 Å². The quantitative estimate of drug-likeness (QED) is 0.784. The molecule has 0 fully saturated rings. The average Bonchev–Trinajstić information content (AvgIpc) is 2.85. The molecule has 3 aromatic rings. The summed E-state index contributed by atoms with van der Waals surface area (Å²) in [5, 5.41) is 7.69. The van der Waals surface area contributed by atoms with Crippen LogP contribution in [0.2, 0.25) is 0 Å². The van der Waals surface area contributed by atoms with Crippen molar-refractivity contribution in [3.05, 3.63) is 59.5 Å². The highest BCUT2D eigenvalue weighted by Gasteiger charge is 2.04. The van der Waals surface area contributed by atoms with Crippen molar-refractivity contribution in [1.29, 1.82) is 0 Å². The van der Waals surface area contributed by atoms with Crippen LogP contribution in [0.15, 0.2) is 42.6 Å². The van der Waals surface area contributed by atoms with Crippen molar-refractivity contribution in [3.63, 3.8) is 0 Å². The average molecular weight is 309 g/mol. The van der Waals surface area contributed by atoms with Crippen molar-refractivity contribution in [1.82, 2.24) is 19.7 Å². The maximum atomic E-state index is 5.11. The maximum absolute atomic E-state index is 5.11. The highest BCUT2D eigenvalue weighted by Crippen LogP contribution is 2.17. The molecule has 6 nitrogen and oxygen atoms in total. The first-order valence-corrected chi connectivity index (χ1v) is 7.38. The molecule has 2 heterocycles. The first-order valence-electron chi connectivity index (χ1n) is 7.38. The van der Waals surface area contributed by atoms with Crippen molar-refractivity contribution >= 4 is 11.6 Å². The lowest BCUT2D eigenvalue weighted by Gasteiger charge is -2.09. The number of aryl methyl sites for hydroxylation is 2. The summed E-state index contributed by atoms with van der Waals surface area (Å²) in [6.45, 7) is 4.79. The zero-order valence-corrected chi connectivity index (χ0v) is 13.4. The zero-order valence-electron chi connectivity index (χ0n) is 13.4. The van der Waals surface area contributed by atoms with E-state index in [2.05, 4.69) is 45.5 Å². The van der Waals surface area contributed by atoms with E-state index < -0.39 is 0 Å². The topological polar surface area (TPSA) is 64.9 Å². The number of ether oxygens (including phenoxy) is 1. The van der Waals surface area contributed by atoms with Crippen LogP contribution in [-0.4, -0.2) is 26.9 Å². The van der Waals surface area contributed by atoms with Gasteiger partial charge in [-0.2, -0.15) is 10.1 Å². The fourth-order valence-electron chi connectivity index (χ4n) is 2.40. The van der Waals surface area contributed by atoms with E-state index in [1.54, 1.807) is 19.4 Å². The van der Waals surface area contributed by atoms with Gasteiger partial charge in [-0.3, -0.25) is 4.68 Å². The van der Waals surface area contributed by atoms with Crippen LogP contribution >= 0.6 is 0 Å². The smallest absolute Gasteiger partial charge is 0.230 e. The molecule has 118 valence electrons. The lowest BCUT2D eigenvalue weighted by atomic mass is 10.2. The summed E-state index contributed by atoms with van der Waals surface area (Å²) < 4.78 is 7.10. The Morgan fingerprint density at radius 1 is 1.17 bits per heavy atom. The molecule has 0 saturated carbocycles. The number of hydrogen-bond donors (Lipinski definition) is 1. The Morgan fingerprint density at radius 2 is 2.04 bits per heavy atom. The van der Waals surface area contributed by atoms with Gasteiger partial charge in [-0.15, -0.1) is 0 Å². The molecule has 3 rings (SSSR count). The molecule has 0 spiro atoms. The van der Waals surface area contributed by atoms with Crippen LogP contribution in [-0.2, 0) is 6.54 Å². The van der Waals surface area contributed by atoms with Gasteiger partial charge in [0, 0.05) is 23.6 Å². The molecule has 0 saturated heterocycles. The maximum Gasteiger partial charge on any atom is 0.230 e. The zero-order chi connectivity index (χ0) is 16.2. The van der Waals surface area contributed by atoms with E-state index in [0.29, 0.717) is 11.8 Å². The van der Waals surface area contributed by atoms with Crippen molar-refractivity contribution in [3.8, 4) is 5.88 Å². The number of hydrogen-bond acceptors (Lipinski definition) is 5. The molecule has 0 amide bonds. The van der Waals surface area contributed by atoms with Crippen molar-refractivity contribution in [2.24, 2.45) is 0 Å². The van der Waals surface area contributed by atoms with Gasteiger partial charge in [0.05, 0.1) is 19.3 Å². The first-order chi connectivity index (χ1) is 11.1. The molecule has 1 N–H and O–H groups in total. The third-order valence-electron chi connectivity index (χ3n) is 3.46. The molecule has 1 aromatic carbocycles. The lowest BCUT2D eigenvalue weighted by molar-refractivity contribution is 0.397. The molecule has 0 unspecified atom stereocenters. The van der Waals surface area contributed by atoms with E-state index >= 15 is 0 Å². The summed E-state index contributed by atoms with van der Waals surface area (Å²) in [6.07, 6.45) is 1.66. The van der Waals surface area contributed by atoms with Crippen LogP contribution in [0.4, 0.5) is 11.6 Å². The van der Waals surface area contributed by atoms with Crippen LogP contribution in [0.5, 0.6) is 5.88 Å². The first kappa shape index (κ1) is 15.0. The second-order valence-corrected chi connectivity index (χ2v) is 5.33. The van der Waals surface area contributed by atoms with Gasteiger partial charge >= 0.3 is 0 Å². The number of aromatic nitrogens is 4. The molecule has 2 aromatic heterocycles. The highest BCUT2D eigenvalue weighted by atomic mass is 16.5. The van der Waals surface area contributed by atoms with Crippen molar-refractivity contribution in [2.75, 3.05) is 12.4 Å². The third-order valence-corrected chi connectivity index (χ3v) is 3.46. The molecule has 0 radical (unpaired) electrons. The van der Waals surface area contributed by atoms with E-state index in [-0.39, 0.29) is 0 Å². The molecule has 0 aliphatic rings. The normalized spacial score (nSPS) is 10.6. The predicted octanol–water partition coefficient (Wildman–Crippen LogP) is 3.09. The van der Waals surface area contributed by atoms with Crippen molar-refractivity contribution in [2.45, 2.75) is 20.4 Å². The van der Waals surface area contributed by atoms with Gasteiger partial charge in [-0.1, -0.05) is 12.1 Å². The van der Waals surface area contributed by atoms with Crippen LogP contribution in [0.25, 0.3) is 0 Å². The number of anilines is 2. The Hall–Kier alpha value is -2.89. The Labute approximate surface area is 135 Å². The number of nitrogens with zero attached hydrogens (tertiary/aromatic N) is 4. The fourth-order valence-corrected chi connectivity index (χ4v) is 2.40. The van der Waals surface area contributed by atoms with Gasteiger partial charge in [-0.25, -0.2) is 4.98 Å². The SMILES string of the molecule is COc1ccnc(Nc2cccc(Cn3nc(C)cc3C)c2)n1. The summed E-state index contributed by atoms with van der Waals surface area (Å²) in [4.78, 5) is 8.45. The number of rotatable bonds is 5. The third kappa shape index (κ3) is 3.66. The van der Waals surface area contributed by atoms with Gasteiger partial charge in [0.1, 0.15) is 0 Å². The summed E-state index contributed by atoms with van der Waals surface area (Å²) in [6, 6.07) is 11.9. The minimum atomic E-state index is 0.507. The molecule has 0 bridgehead atoms. The number of nitrogens with one attached hydrogen (secondary N) is 1. The van der Waals surface area contributed by atoms with Gasteiger partial charge < -0.3 is 10.1 Å². The molecule has 6 heteroatoms. The van der Waals surface area contributed by atoms with Gasteiger partial charge in [0.2, 0.25) is 11.8 Å². The van der Waals surface area contributed by atoms with Gasteiger partial charge in [0.15, 0.2) is 0 Å². The molecule has 23 heavy (non-hydrogen) atoms. The van der Waals surface area contributed by atoms with E-state index in [9.17, 15) is 0 Å². The summed E-state index contributed by atoms with van der Waals surface area (Å²) in [5.41, 5.74) is 4.26. The van der Waals surface area contributed by atoms with E-state index in [1.165, 1.54) is 0 Å². The van der Waals surface area contributed by atoms with Crippen LogP contribution in [0, 0.1) is 13.8 Å². The summed E-state index contributed by atoms with van der Waals surface area (Å²) in [7, 11) is 1.58. The Morgan fingerprint density at radius 3 is 2.78 bits per heavy atom. The highest BCUT2D eigenvalue weighted by molar-refractivity contribution is 5.54. The minimum Gasteiger partial charge on any atom is -0.481 e. The largest absolute Gasteiger partial charge is 0.481 e. The molecule has 0 aliphatic heterocycles. The molecular weight excluding hydrogens is 290 g/mol. The van der Waals surface area contributed by atoms with Gasteiger partial charge in [-0.05, 0) is 37.6 Å². The number of benzene rings is 1. The second-order valence-electron chi connectivity index (χ2n) is 5.33. The lowest BCUT2D eigenvalue weighted by Crippen LogP contribution is -2.04. The number of methoxy groups -OCH3 is 1. The Kier molecular flexibility index (Phi) is 4.23. The standard InChI is InChI=1S/C17H19N5O/c1-12-9-13(2)22(21-12)11-14-5-4-6-15(10-14)19-17-18-8-7-16(20-17)23-3/h4-10H,11H2,1-3H3,(H,18,19,20). The van der Waals surface area contributed by atoms with Crippen LogP contribution < -0.4 is 10.1 Å². The molecular formula is C17H19N5O. The second kappa shape index (κ2) is 6.48.